The van der Waals surface area contributed by atoms with Crippen molar-refractivity contribution in [3.8, 4) is 17.2 Å². The molecule has 4 rings (SSSR count). The molecule has 0 saturated carbocycles. The Morgan fingerprint density at radius 2 is 1.26 bits per heavy atom. The summed E-state index contributed by atoms with van der Waals surface area (Å²) in [6.07, 6.45) is 4.10. The number of thioether (sulfide) groups is 1. The van der Waals surface area contributed by atoms with Crippen LogP contribution in [-0.4, -0.2) is 186 Å². The number of benzene rings is 1. The number of pyridine rings is 1. The molecule has 1 aliphatic heterocycles. The molecular formula is C39H58N8O13S. The number of fused-ring (bicyclic) bond motifs is 1. The maximum absolute atomic E-state index is 13.2. The second kappa shape index (κ2) is 27.2. The van der Waals surface area contributed by atoms with Crippen molar-refractivity contribution >= 4 is 46.6 Å². The van der Waals surface area contributed by atoms with Gasteiger partial charge in [0.25, 0.3) is 0 Å². The summed E-state index contributed by atoms with van der Waals surface area (Å²) < 4.78 is 16.9. The predicted octanol–water partition coefficient (Wildman–Crippen LogP) is 1.47. The fourth-order valence-electron chi connectivity index (χ4n) is 6.41. The molecular weight excluding hydrogens is 821 g/mol. The van der Waals surface area contributed by atoms with Crippen LogP contribution in [0.1, 0.15) is 25.0 Å². The first-order chi connectivity index (χ1) is 29.6. The van der Waals surface area contributed by atoms with E-state index >= 15 is 0 Å². The summed E-state index contributed by atoms with van der Waals surface area (Å²) in [4.78, 5) is 97.8. The van der Waals surface area contributed by atoms with Gasteiger partial charge in [0, 0.05) is 83.0 Å². The Morgan fingerprint density at radius 1 is 0.705 bits per heavy atom. The number of aromatic amines is 1. The van der Waals surface area contributed by atoms with Crippen LogP contribution in [0.25, 0.3) is 11.0 Å². The Labute approximate surface area is 359 Å². The van der Waals surface area contributed by atoms with Gasteiger partial charge in [0.2, 0.25) is 5.91 Å². The van der Waals surface area contributed by atoms with Crippen molar-refractivity contribution in [2.24, 2.45) is 0 Å². The molecule has 1 aliphatic rings. The standard InChI is InChI=1S/C39H58N8O13S/c1-52-33-11-13-40-32(38(33)53-2)28-61-39-42-30-10-9-29(23-31(30)43-39)57-22-8-6-7-12-41-34(48)24-44-14-16-45(25-35(49)58-54-3)18-20-47(27-37(51)60-56-5)21-19-46(17-15-44)26-36(50)59-55-4/h9-11,13,23H,6-8,12,14-22,24-28H2,1-5H3,(H,41,48)(H,42,43). The van der Waals surface area contributed by atoms with Gasteiger partial charge < -0.3 is 24.5 Å². The van der Waals surface area contributed by atoms with Crippen molar-refractivity contribution in [1.29, 1.82) is 0 Å². The van der Waals surface area contributed by atoms with Crippen molar-refractivity contribution in [3.05, 3.63) is 36.2 Å². The average Bonchev–Trinajstić information content (AvgIpc) is 3.65. The number of hydrogen-bond donors (Lipinski definition) is 2. The second-order valence-corrected chi connectivity index (χ2v) is 14.7. The van der Waals surface area contributed by atoms with Gasteiger partial charge in [-0.1, -0.05) is 11.8 Å². The molecule has 2 N–H and O–H groups in total. The minimum atomic E-state index is -0.591. The lowest BCUT2D eigenvalue weighted by Crippen LogP contribution is -2.50. The molecule has 1 saturated heterocycles. The summed E-state index contributed by atoms with van der Waals surface area (Å²) in [5.41, 5.74) is 2.45. The van der Waals surface area contributed by atoms with E-state index in [1.165, 1.54) is 33.1 Å². The summed E-state index contributed by atoms with van der Waals surface area (Å²) in [5.74, 6) is 0.601. The lowest BCUT2D eigenvalue weighted by atomic mass is 10.2. The van der Waals surface area contributed by atoms with E-state index in [1.807, 2.05) is 37.8 Å². The van der Waals surface area contributed by atoms with E-state index in [9.17, 15) is 19.2 Å². The largest absolute Gasteiger partial charge is 0.494 e. The van der Waals surface area contributed by atoms with Gasteiger partial charge in [-0.25, -0.2) is 19.4 Å². The number of rotatable bonds is 23. The maximum atomic E-state index is 13.2. The molecule has 2 aromatic heterocycles. The number of methoxy groups -OCH3 is 2. The molecule has 338 valence electrons. The van der Waals surface area contributed by atoms with Crippen molar-refractivity contribution in [2.75, 3.05) is 127 Å². The van der Waals surface area contributed by atoms with Gasteiger partial charge in [-0.15, -0.1) is 0 Å². The Hall–Kier alpha value is -4.81. The summed E-state index contributed by atoms with van der Waals surface area (Å²) in [7, 11) is 6.93. The van der Waals surface area contributed by atoms with Crippen molar-refractivity contribution in [3.63, 3.8) is 0 Å². The number of aromatic nitrogens is 3. The summed E-state index contributed by atoms with van der Waals surface area (Å²) in [6.45, 7) is 4.07. The van der Waals surface area contributed by atoms with Crippen molar-refractivity contribution < 1.29 is 62.7 Å². The van der Waals surface area contributed by atoms with E-state index in [4.69, 9.17) is 24.0 Å². The molecule has 3 heterocycles. The normalized spacial score (nSPS) is 15.0. The molecule has 21 nitrogen and oxygen atoms in total. The highest BCUT2D eigenvalue weighted by Crippen LogP contribution is 2.33. The smallest absolute Gasteiger partial charge is 0.356 e. The van der Waals surface area contributed by atoms with Crippen molar-refractivity contribution in [1.82, 2.24) is 39.9 Å². The third-order valence-corrected chi connectivity index (χ3v) is 10.3. The summed E-state index contributed by atoms with van der Waals surface area (Å²) in [6, 6.07) is 7.50. The lowest BCUT2D eigenvalue weighted by Gasteiger charge is -2.33. The summed E-state index contributed by atoms with van der Waals surface area (Å²) in [5, 5.41) is 3.76. The molecule has 0 bridgehead atoms. The molecule has 1 aromatic carbocycles. The van der Waals surface area contributed by atoms with Crippen LogP contribution in [0.4, 0.5) is 0 Å². The number of amides is 1. The SMILES string of the molecule is COOC(=O)CN1CCN(CC(=O)NCCCCCOc2ccc3nc(SCc4nccc(OC)c4OC)[nH]c3c2)CCN(CC(=O)OOC)CCN(CC(=O)OOC)CC1. The first-order valence-corrected chi connectivity index (χ1v) is 20.8. The van der Waals surface area contributed by atoms with Gasteiger partial charge in [0.05, 0.1) is 65.4 Å². The molecule has 0 unspecified atom stereocenters. The highest BCUT2D eigenvalue weighted by molar-refractivity contribution is 7.98. The van der Waals surface area contributed by atoms with E-state index in [2.05, 4.69) is 39.8 Å². The van der Waals surface area contributed by atoms with Gasteiger partial charge in [-0.3, -0.25) is 44.0 Å². The number of carbonyl (C=O) groups is 4. The zero-order valence-electron chi connectivity index (χ0n) is 35.5. The minimum absolute atomic E-state index is 0.0684. The Kier molecular flexibility index (Phi) is 21.8. The predicted molar refractivity (Wildman–Crippen MR) is 220 cm³/mol. The van der Waals surface area contributed by atoms with Crippen LogP contribution < -0.4 is 19.5 Å². The highest BCUT2D eigenvalue weighted by Gasteiger charge is 2.23. The van der Waals surface area contributed by atoms with Gasteiger partial charge in [-0.05, 0) is 31.4 Å². The van der Waals surface area contributed by atoms with Gasteiger partial charge in [-0.2, -0.15) is 14.7 Å². The Bertz CT molecular complexity index is 1790. The number of nitrogens with one attached hydrogen (secondary N) is 2. The highest BCUT2D eigenvalue weighted by atomic mass is 32.2. The first-order valence-electron chi connectivity index (χ1n) is 19.8. The second-order valence-electron chi connectivity index (χ2n) is 13.7. The molecule has 61 heavy (non-hydrogen) atoms. The van der Waals surface area contributed by atoms with Crippen LogP contribution in [0.3, 0.4) is 0 Å². The number of carbonyl (C=O) groups excluding carboxylic acids is 4. The molecule has 0 atom stereocenters. The molecule has 1 amide bonds. The van der Waals surface area contributed by atoms with Crippen LogP contribution in [0, 0.1) is 0 Å². The molecule has 0 aliphatic carbocycles. The Morgan fingerprint density at radius 3 is 1.79 bits per heavy atom. The third-order valence-electron chi connectivity index (χ3n) is 9.44. The topological polar surface area (TPSA) is 218 Å². The number of imidazole rings is 1. The quantitative estimate of drug-likeness (QED) is 0.0597. The van der Waals surface area contributed by atoms with Crippen LogP contribution >= 0.6 is 11.8 Å². The fraction of sp³-hybridized carbons (Fsp3) is 0.590. The molecule has 3 aromatic rings. The van der Waals surface area contributed by atoms with E-state index in [1.54, 1.807) is 26.5 Å². The van der Waals surface area contributed by atoms with Crippen LogP contribution in [-0.2, 0) is 54.3 Å². The van der Waals surface area contributed by atoms with Crippen LogP contribution in [0.5, 0.6) is 17.2 Å². The number of unbranched alkanes of at least 4 members (excludes halogenated alkanes) is 2. The number of ether oxygens (including phenoxy) is 3. The minimum Gasteiger partial charge on any atom is -0.494 e. The molecule has 1 fully saturated rings. The van der Waals surface area contributed by atoms with Gasteiger partial charge >= 0.3 is 17.9 Å². The van der Waals surface area contributed by atoms with E-state index in [0.717, 1.165) is 46.9 Å². The maximum Gasteiger partial charge on any atom is 0.356 e. The number of H-pyrrole nitrogens is 1. The fourth-order valence-corrected chi connectivity index (χ4v) is 7.24. The Balaban J connectivity index is 1.23. The monoisotopic (exact) mass is 878 g/mol. The summed E-state index contributed by atoms with van der Waals surface area (Å²) >= 11 is 1.51. The molecule has 0 spiro atoms. The lowest BCUT2D eigenvalue weighted by molar-refractivity contribution is -0.256. The molecule has 0 radical (unpaired) electrons. The molecule has 22 heteroatoms. The third kappa shape index (κ3) is 17.6. The van der Waals surface area contributed by atoms with E-state index in [0.29, 0.717) is 82.8 Å². The van der Waals surface area contributed by atoms with Gasteiger partial charge in [0.1, 0.15) is 25.4 Å². The van der Waals surface area contributed by atoms with E-state index < -0.39 is 17.9 Å². The number of nitrogens with zero attached hydrogens (tertiary/aromatic N) is 6. The number of hydrogen-bond acceptors (Lipinski definition) is 20. The average molecular weight is 879 g/mol. The zero-order valence-corrected chi connectivity index (χ0v) is 36.3. The van der Waals surface area contributed by atoms with Crippen LogP contribution in [0.2, 0.25) is 0 Å². The van der Waals surface area contributed by atoms with Crippen molar-refractivity contribution in [2.45, 2.75) is 30.2 Å². The van der Waals surface area contributed by atoms with E-state index in [-0.39, 0.29) is 32.1 Å². The first kappa shape index (κ1) is 48.9. The van der Waals surface area contributed by atoms with Gasteiger partial charge in [0.15, 0.2) is 16.7 Å². The zero-order chi connectivity index (χ0) is 43.8. The van der Waals surface area contributed by atoms with Crippen LogP contribution in [0.15, 0.2) is 35.6 Å².